The van der Waals surface area contributed by atoms with E-state index in [-0.39, 0.29) is 0 Å². The second-order valence-electron chi connectivity index (χ2n) is 4.61. The zero-order chi connectivity index (χ0) is 13.5. The van der Waals surface area contributed by atoms with Crippen LogP contribution in [0.4, 0.5) is 0 Å². The molecule has 0 bridgehead atoms. The summed E-state index contributed by atoms with van der Waals surface area (Å²) in [6.07, 6.45) is 1.66. The summed E-state index contributed by atoms with van der Waals surface area (Å²) in [4.78, 5) is 0. The van der Waals surface area contributed by atoms with Crippen LogP contribution in [0.1, 0.15) is 33.6 Å². The number of hydrogen-bond donors (Lipinski definition) is 1. The molecule has 0 aromatic rings. The van der Waals surface area contributed by atoms with E-state index in [1.165, 1.54) is 8.61 Å². The summed E-state index contributed by atoms with van der Waals surface area (Å²) in [5, 5.41) is 3.27. The first-order valence-electron chi connectivity index (χ1n) is 6.23. The van der Waals surface area contributed by atoms with Crippen LogP contribution in [0.3, 0.4) is 0 Å². The van der Waals surface area contributed by atoms with Crippen molar-refractivity contribution in [2.45, 2.75) is 39.7 Å². The van der Waals surface area contributed by atoms with Crippen LogP contribution in [0.2, 0.25) is 0 Å². The fourth-order valence-corrected chi connectivity index (χ4v) is 2.73. The minimum absolute atomic E-state index is 0.444. The minimum Gasteiger partial charge on any atom is -0.314 e. The lowest BCUT2D eigenvalue weighted by molar-refractivity contribution is 0.385. The maximum Gasteiger partial charge on any atom is 0.281 e. The molecule has 0 atom stereocenters. The van der Waals surface area contributed by atoms with Crippen molar-refractivity contribution in [3.8, 4) is 0 Å². The fraction of sp³-hybridized carbons (Fsp3) is 1.00. The van der Waals surface area contributed by atoms with Gasteiger partial charge < -0.3 is 5.32 Å². The average molecular weight is 265 g/mol. The zero-order valence-corrected chi connectivity index (χ0v) is 12.5. The minimum atomic E-state index is -3.26. The number of rotatable bonds is 9. The summed E-state index contributed by atoms with van der Waals surface area (Å²) >= 11 is 0. The molecule has 0 unspecified atom stereocenters. The van der Waals surface area contributed by atoms with E-state index in [1.54, 1.807) is 14.1 Å². The van der Waals surface area contributed by atoms with Gasteiger partial charge in [-0.15, -0.1) is 0 Å². The van der Waals surface area contributed by atoms with E-state index in [1.807, 2.05) is 6.92 Å². The second kappa shape index (κ2) is 8.02. The van der Waals surface area contributed by atoms with E-state index in [0.717, 1.165) is 19.4 Å². The monoisotopic (exact) mass is 265 g/mol. The molecule has 0 heterocycles. The van der Waals surface area contributed by atoms with Gasteiger partial charge in [-0.05, 0) is 19.4 Å². The molecule has 0 saturated heterocycles. The van der Waals surface area contributed by atoms with Gasteiger partial charge in [-0.3, -0.25) is 0 Å². The number of nitrogens with zero attached hydrogens (tertiary/aromatic N) is 2. The maximum absolute atomic E-state index is 12.0. The van der Waals surface area contributed by atoms with E-state index >= 15 is 0 Å². The standard InChI is InChI=1S/C11H27N3O2S/c1-6-9-13(4)17(15,16)14(5)10-7-8-12-11(2)3/h11-12H,6-10H2,1-5H3. The fourth-order valence-electron chi connectivity index (χ4n) is 1.48. The Hall–Kier alpha value is -0.170. The van der Waals surface area contributed by atoms with Crippen molar-refractivity contribution in [3.63, 3.8) is 0 Å². The zero-order valence-electron chi connectivity index (χ0n) is 11.7. The van der Waals surface area contributed by atoms with Crippen molar-refractivity contribution < 1.29 is 8.42 Å². The average Bonchev–Trinajstić information content (AvgIpc) is 2.23. The van der Waals surface area contributed by atoms with Gasteiger partial charge in [0.1, 0.15) is 0 Å². The summed E-state index contributed by atoms with van der Waals surface area (Å²) in [6.45, 7) is 8.09. The molecule has 0 aliphatic heterocycles. The lowest BCUT2D eigenvalue weighted by atomic mass is 10.3. The van der Waals surface area contributed by atoms with Crippen molar-refractivity contribution >= 4 is 10.2 Å². The molecular formula is C11H27N3O2S. The molecule has 0 aromatic heterocycles. The summed E-state index contributed by atoms with van der Waals surface area (Å²) in [6, 6.07) is 0.444. The van der Waals surface area contributed by atoms with E-state index in [9.17, 15) is 8.42 Å². The molecule has 0 spiro atoms. The van der Waals surface area contributed by atoms with Crippen molar-refractivity contribution in [2.24, 2.45) is 0 Å². The molecule has 0 rings (SSSR count). The summed E-state index contributed by atoms with van der Waals surface area (Å²) in [7, 11) is -0.000491. The Kier molecular flexibility index (Phi) is 7.94. The Balaban J connectivity index is 4.07. The highest BCUT2D eigenvalue weighted by Crippen LogP contribution is 2.04. The van der Waals surface area contributed by atoms with Crippen LogP contribution in [0, 0.1) is 0 Å². The summed E-state index contributed by atoms with van der Waals surface area (Å²) in [5.41, 5.74) is 0. The topological polar surface area (TPSA) is 52.7 Å². The van der Waals surface area contributed by atoms with E-state index in [4.69, 9.17) is 0 Å². The van der Waals surface area contributed by atoms with Crippen LogP contribution in [0.25, 0.3) is 0 Å². The molecule has 0 fully saturated rings. The molecule has 0 aliphatic rings. The smallest absolute Gasteiger partial charge is 0.281 e. The summed E-state index contributed by atoms with van der Waals surface area (Å²) in [5.74, 6) is 0. The molecule has 0 radical (unpaired) electrons. The maximum atomic E-state index is 12.0. The van der Waals surface area contributed by atoms with Crippen LogP contribution >= 0.6 is 0 Å². The molecule has 1 N–H and O–H groups in total. The highest BCUT2D eigenvalue weighted by atomic mass is 32.2. The lowest BCUT2D eigenvalue weighted by Crippen LogP contribution is -2.41. The normalized spacial score (nSPS) is 12.9. The number of hydrogen-bond acceptors (Lipinski definition) is 3. The third kappa shape index (κ3) is 6.35. The molecule has 104 valence electrons. The molecule has 0 saturated carbocycles. The van der Waals surface area contributed by atoms with Gasteiger partial charge in [0, 0.05) is 33.2 Å². The molecule has 0 aliphatic carbocycles. The van der Waals surface area contributed by atoms with Crippen molar-refractivity contribution in [3.05, 3.63) is 0 Å². The SMILES string of the molecule is CCCN(C)S(=O)(=O)N(C)CCCNC(C)C. The van der Waals surface area contributed by atoms with Crippen LogP contribution in [-0.2, 0) is 10.2 Å². The molecule has 5 nitrogen and oxygen atoms in total. The van der Waals surface area contributed by atoms with Gasteiger partial charge in [-0.25, -0.2) is 0 Å². The van der Waals surface area contributed by atoms with Crippen LogP contribution in [0.5, 0.6) is 0 Å². The largest absolute Gasteiger partial charge is 0.314 e. The predicted octanol–water partition coefficient (Wildman–Crippen LogP) is 0.893. The first-order chi connectivity index (χ1) is 7.82. The first-order valence-corrected chi connectivity index (χ1v) is 7.63. The summed E-state index contributed by atoms with van der Waals surface area (Å²) < 4.78 is 26.8. The molecule has 0 amide bonds. The molecule has 0 aromatic carbocycles. The Bertz CT molecular complexity index is 291. The highest BCUT2D eigenvalue weighted by molar-refractivity contribution is 7.86. The Morgan fingerprint density at radius 3 is 2.12 bits per heavy atom. The van der Waals surface area contributed by atoms with E-state index in [0.29, 0.717) is 19.1 Å². The van der Waals surface area contributed by atoms with Gasteiger partial charge in [-0.2, -0.15) is 17.0 Å². The van der Waals surface area contributed by atoms with Gasteiger partial charge in [0.25, 0.3) is 10.2 Å². The van der Waals surface area contributed by atoms with Gasteiger partial charge >= 0.3 is 0 Å². The van der Waals surface area contributed by atoms with E-state index in [2.05, 4.69) is 19.2 Å². The Morgan fingerprint density at radius 2 is 1.65 bits per heavy atom. The van der Waals surface area contributed by atoms with Crippen molar-refractivity contribution in [2.75, 3.05) is 33.7 Å². The Labute approximate surface area is 106 Å². The second-order valence-corrected chi connectivity index (χ2v) is 6.76. The van der Waals surface area contributed by atoms with Gasteiger partial charge in [0.2, 0.25) is 0 Å². The quantitative estimate of drug-likeness (QED) is 0.630. The predicted molar refractivity (Wildman–Crippen MR) is 72.2 cm³/mol. The van der Waals surface area contributed by atoms with E-state index < -0.39 is 10.2 Å². The third-order valence-corrected chi connectivity index (χ3v) is 4.47. The highest BCUT2D eigenvalue weighted by Gasteiger charge is 2.22. The van der Waals surface area contributed by atoms with Gasteiger partial charge in [-0.1, -0.05) is 20.8 Å². The third-order valence-electron chi connectivity index (χ3n) is 2.53. The molecular weight excluding hydrogens is 238 g/mol. The number of nitrogens with one attached hydrogen (secondary N) is 1. The van der Waals surface area contributed by atoms with Crippen LogP contribution < -0.4 is 5.32 Å². The Morgan fingerprint density at radius 1 is 1.12 bits per heavy atom. The molecule has 6 heteroatoms. The van der Waals surface area contributed by atoms with Crippen molar-refractivity contribution in [1.29, 1.82) is 0 Å². The van der Waals surface area contributed by atoms with Gasteiger partial charge in [0.05, 0.1) is 0 Å². The molecule has 17 heavy (non-hydrogen) atoms. The van der Waals surface area contributed by atoms with Crippen LogP contribution in [0.15, 0.2) is 0 Å². The first kappa shape index (κ1) is 16.8. The lowest BCUT2D eigenvalue weighted by Gasteiger charge is -2.24. The van der Waals surface area contributed by atoms with Crippen LogP contribution in [-0.4, -0.2) is 56.8 Å². The van der Waals surface area contributed by atoms with Gasteiger partial charge in [0.15, 0.2) is 0 Å². The van der Waals surface area contributed by atoms with Crippen molar-refractivity contribution in [1.82, 2.24) is 13.9 Å².